The molecule has 0 aromatic heterocycles. The van der Waals surface area contributed by atoms with Crippen LogP contribution in [-0.4, -0.2) is 47.4 Å². The van der Waals surface area contributed by atoms with E-state index in [4.69, 9.17) is 28.4 Å². The molecule has 0 spiro atoms. The van der Waals surface area contributed by atoms with Crippen molar-refractivity contribution in [1.82, 2.24) is 0 Å². The van der Waals surface area contributed by atoms with Gasteiger partial charge in [0.2, 0.25) is 0 Å². The molecule has 0 fully saturated rings. The fraction of sp³-hybridized carbons (Fsp3) is 0.540. The molecule has 7 nitrogen and oxygen atoms in total. The molecule has 57 heavy (non-hydrogen) atoms. The summed E-state index contributed by atoms with van der Waals surface area (Å²) in [5, 5.41) is 0. The molecule has 3 rings (SSSR count). The smallest absolute Gasteiger partial charge is 0.153 e. The summed E-state index contributed by atoms with van der Waals surface area (Å²) in [4.78, 5) is 12.1. The molecule has 0 heterocycles. The first kappa shape index (κ1) is 47.0. The van der Waals surface area contributed by atoms with Crippen LogP contribution in [-0.2, 0) is 0 Å². The molecule has 0 saturated carbocycles. The van der Waals surface area contributed by atoms with E-state index in [2.05, 4.69) is 59.8 Å². The normalized spacial score (nSPS) is 13.1. The quantitative estimate of drug-likeness (QED) is 0.0513. The first-order valence-electron chi connectivity index (χ1n) is 21.6. The first-order valence-corrected chi connectivity index (χ1v) is 21.6. The van der Waals surface area contributed by atoms with Crippen LogP contribution in [0.4, 0.5) is 0 Å². The largest absolute Gasteiger partial charge is 0.497 e. The summed E-state index contributed by atoms with van der Waals surface area (Å²) in [6.45, 7) is 15.2. The molecule has 3 atom stereocenters. The lowest BCUT2D eigenvalue weighted by Crippen LogP contribution is -2.12. The molecule has 0 aliphatic rings. The van der Waals surface area contributed by atoms with E-state index in [1.807, 2.05) is 42.5 Å². The van der Waals surface area contributed by atoms with Gasteiger partial charge in [-0.2, -0.15) is 0 Å². The summed E-state index contributed by atoms with van der Waals surface area (Å²) < 4.78 is 36.8. The molecule has 3 aromatic carbocycles. The van der Waals surface area contributed by atoms with Crippen LogP contribution in [0.5, 0.6) is 34.5 Å². The zero-order chi connectivity index (χ0) is 41.4. The molecule has 3 aromatic rings. The Morgan fingerprint density at radius 2 is 0.825 bits per heavy atom. The Morgan fingerprint density at radius 1 is 0.456 bits per heavy atom. The van der Waals surface area contributed by atoms with Crippen molar-refractivity contribution in [3.05, 3.63) is 70.3 Å². The number of rotatable bonds is 29. The van der Waals surface area contributed by atoms with Crippen LogP contribution in [0, 0.1) is 17.8 Å². The van der Waals surface area contributed by atoms with Crippen LogP contribution in [0.3, 0.4) is 0 Å². The topological polar surface area (TPSA) is 72.5 Å². The summed E-state index contributed by atoms with van der Waals surface area (Å²) in [6, 6.07) is 13.7. The minimum atomic E-state index is 0.432. The monoisotopic (exact) mass is 785 g/mol. The molecule has 0 saturated heterocycles. The molecule has 0 aliphatic heterocycles. The average molecular weight is 785 g/mol. The van der Waals surface area contributed by atoms with Gasteiger partial charge in [0, 0.05) is 22.3 Å². The van der Waals surface area contributed by atoms with Crippen molar-refractivity contribution in [2.24, 2.45) is 17.8 Å². The third kappa shape index (κ3) is 15.1. The van der Waals surface area contributed by atoms with Gasteiger partial charge in [-0.3, -0.25) is 4.79 Å². The van der Waals surface area contributed by atoms with E-state index in [1.54, 1.807) is 27.4 Å². The van der Waals surface area contributed by atoms with E-state index >= 15 is 0 Å². The van der Waals surface area contributed by atoms with Crippen molar-refractivity contribution in [2.45, 2.75) is 119 Å². The third-order valence-corrected chi connectivity index (χ3v) is 11.0. The van der Waals surface area contributed by atoms with Gasteiger partial charge in [0.15, 0.2) is 6.29 Å². The SMILES string of the molecule is CCCCC(CC)COc1cc(/C=C/c2cc(OC)c(/C=C/c3cc(OC)ccc3OCC(CC)CCCC)cc2OCC(CC)CCCC)c(OC)cc1C=O. The average Bonchev–Trinajstić information content (AvgIpc) is 3.25. The van der Waals surface area contributed by atoms with Crippen molar-refractivity contribution in [3.63, 3.8) is 0 Å². The van der Waals surface area contributed by atoms with Gasteiger partial charge in [0.05, 0.1) is 46.7 Å². The number of hydrogen-bond donors (Lipinski definition) is 0. The van der Waals surface area contributed by atoms with Crippen LogP contribution in [0.25, 0.3) is 24.3 Å². The third-order valence-electron chi connectivity index (χ3n) is 11.0. The molecular formula is C50H72O7. The Bertz CT molecular complexity index is 1680. The van der Waals surface area contributed by atoms with Gasteiger partial charge in [0.25, 0.3) is 0 Å². The predicted molar refractivity (Wildman–Crippen MR) is 239 cm³/mol. The summed E-state index contributed by atoms with van der Waals surface area (Å²) in [7, 11) is 4.99. The van der Waals surface area contributed by atoms with Gasteiger partial charge in [-0.05, 0) is 79.5 Å². The van der Waals surface area contributed by atoms with Crippen LogP contribution < -0.4 is 28.4 Å². The Hall–Kier alpha value is -4.39. The van der Waals surface area contributed by atoms with E-state index in [0.29, 0.717) is 60.4 Å². The summed E-state index contributed by atoms with van der Waals surface area (Å²) in [5.41, 5.74) is 3.95. The van der Waals surface area contributed by atoms with Crippen molar-refractivity contribution < 1.29 is 33.2 Å². The van der Waals surface area contributed by atoms with Gasteiger partial charge in [-0.25, -0.2) is 0 Å². The highest BCUT2D eigenvalue weighted by Gasteiger charge is 2.16. The number of carbonyl (C=O) groups excluding carboxylic acids is 1. The lowest BCUT2D eigenvalue weighted by Gasteiger charge is -2.19. The van der Waals surface area contributed by atoms with Gasteiger partial charge in [-0.15, -0.1) is 0 Å². The maximum atomic E-state index is 12.1. The minimum Gasteiger partial charge on any atom is -0.497 e. The number of unbranched alkanes of at least 4 members (excludes halogenated alkanes) is 3. The summed E-state index contributed by atoms with van der Waals surface area (Å²) >= 11 is 0. The van der Waals surface area contributed by atoms with Crippen LogP contribution in [0.1, 0.15) is 151 Å². The minimum absolute atomic E-state index is 0.432. The van der Waals surface area contributed by atoms with E-state index in [-0.39, 0.29) is 0 Å². The molecule has 0 bridgehead atoms. The number of benzene rings is 3. The second kappa shape index (κ2) is 26.5. The lowest BCUT2D eigenvalue weighted by molar-refractivity contribution is 0.111. The highest BCUT2D eigenvalue weighted by Crippen LogP contribution is 2.36. The number of carbonyl (C=O) groups is 1. The number of methoxy groups -OCH3 is 3. The molecule has 0 radical (unpaired) electrons. The highest BCUT2D eigenvalue weighted by atomic mass is 16.5. The Balaban J connectivity index is 2.06. The van der Waals surface area contributed by atoms with Crippen LogP contribution in [0.15, 0.2) is 42.5 Å². The molecular weight excluding hydrogens is 713 g/mol. The fourth-order valence-electron chi connectivity index (χ4n) is 6.86. The predicted octanol–water partition coefficient (Wildman–Crippen LogP) is 13.7. The van der Waals surface area contributed by atoms with E-state index < -0.39 is 0 Å². The number of hydrogen-bond acceptors (Lipinski definition) is 7. The van der Waals surface area contributed by atoms with E-state index in [9.17, 15) is 4.79 Å². The van der Waals surface area contributed by atoms with Crippen LogP contribution >= 0.6 is 0 Å². The zero-order valence-electron chi connectivity index (χ0n) is 36.6. The highest BCUT2D eigenvalue weighted by molar-refractivity contribution is 5.85. The zero-order valence-corrected chi connectivity index (χ0v) is 36.6. The fourth-order valence-corrected chi connectivity index (χ4v) is 6.86. The summed E-state index contributed by atoms with van der Waals surface area (Å²) in [6.07, 6.45) is 22.5. The van der Waals surface area contributed by atoms with Crippen LogP contribution in [0.2, 0.25) is 0 Å². The number of aldehydes is 1. The molecule has 7 heteroatoms. The van der Waals surface area contributed by atoms with Gasteiger partial charge in [0.1, 0.15) is 34.5 Å². The second-order valence-electron chi connectivity index (χ2n) is 15.1. The van der Waals surface area contributed by atoms with Gasteiger partial charge >= 0.3 is 0 Å². The molecule has 314 valence electrons. The summed E-state index contributed by atoms with van der Waals surface area (Å²) in [5.74, 6) is 5.59. The van der Waals surface area contributed by atoms with Crippen molar-refractivity contribution in [3.8, 4) is 34.5 Å². The second-order valence-corrected chi connectivity index (χ2v) is 15.1. The lowest BCUT2D eigenvalue weighted by atomic mass is 10.00. The van der Waals surface area contributed by atoms with Crippen molar-refractivity contribution >= 4 is 30.6 Å². The van der Waals surface area contributed by atoms with E-state index in [0.717, 1.165) is 104 Å². The Labute approximate surface area is 345 Å². The van der Waals surface area contributed by atoms with E-state index in [1.165, 1.54) is 19.3 Å². The molecule has 0 N–H and O–H groups in total. The van der Waals surface area contributed by atoms with Gasteiger partial charge in [-0.1, -0.05) is 124 Å². The number of ether oxygens (including phenoxy) is 6. The standard InChI is InChI=1S/C50H72O7/c1-10-16-19-37(13-4)34-55-46-27-26-45(52-7)28-40(46)22-23-41-30-49(56-35-38(14-5)20-17-11-2)43(29-47(41)53-8)25-24-42-31-50(44(33-51)32-48(42)54-9)57-36-39(15-6)21-18-12-3/h22-33,37-39H,10-21,34-36H2,1-9H3/b23-22+,25-24+. The first-order chi connectivity index (χ1) is 27.8. The maximum Gasteiger partial charge on any atom is 0.153 e. The van der Waals surface area contributed by atoms with Crippen molar-refractivity contribution in [2.75, 3.05) is 41.2 Å². The Kier molecular flexibility index (Phi) is 21.9. The van der Waals surface area contributed by atoms with Crippen molar-refractivity contribution in [1.29, 1.82) is 0 Å². The molecule has 0 aliphatic carbocycles. The molecule has 0 amide bonds. The van der Waals surface area contributed by atoms with Gasteiger partial charge < -0.3 is 28.4 Å². The Morgan fingerprint density at radius 3 is 1.21 bits per heavy atom. The maximum absolute atomic E-state index is 12.1. The molecule has 3 unspecified atom stereocenters.